The first-order valence-electron chi connectivity index (χ1n) is 9.44. The van der Waals surface area contributed by atoms with E-state index in [2.05, 4.69) is 47.7 Å². The van der Waals surface area contributed by atoms with Crippen molar-refractivity contribution >= 4 is 29.9 Å². The quantitative estimate of drug-likeness (QED) is 0.191. The SMILES string of the molecule is CCCOc1cc(C)ccc1CNC(=NC)NCCCCOCCOC.I. The topological polar surface area (TPSA) is 64.1 Å². The molecule has 0 aliphatic rings. The van der Waals surface area contributed by atoms with Gasteiger partial charge >= 0.3 is 0 Å². The third kappa shape index (κ3) is 12.1. The van der Waals surface area contributed by atoms with Gasteiger partial charge in [0.25, 0.3) is 0 Å². The second kappa shape index (κ2) is 17.1. The summed E-state index contributed by atoms with van der Waals surface area (Å²) in [5.41, 5.74) is 2.34. The predicted octanol–water partition coefficient (Wildman–Crippen LogP) is 3.51. The number of rotatable bonds is 13. The Morgan fingerprint density at radius 1 is 1.07 bits per heavy atom. The first-order valence-corrected chi connectivity index (χ1v) is 9.44. The van der Waals surface area contributed by atoms with Gasteiger partial charge in [-0.15, -0.1) is 24.0 Å². The van der Waals surface area contributed by atoms with Crippen molar-refractivity contribution in [3.05, 3.63) is 29.3 Å². The van der Waals surface area contributed by atoms with Crippen LogP contribution in [0.5, 0.6) is 5.75 Å². The number of nitrogens with zero attached hydrogens (tertiary/aromatic N) is 1. The summed E-state index contributed by atoms with van der Waals surface area (Å²) >= 11 is 0. The minimum absolute atomic E-state index is 0. The number of ether oxygens (including phenoxy) is 3. The molecular weight excluding hydrogens is 457 g/mol. The highest BCUT2D eigenvalue weighted by atomic mass is 127. The molecule has 0 aliphatic carbocycles. The maximum absolute atomic E-state index is 5.86. The monoisotopic (exact) mass is 493 g/mol. The van der Waals surface area contributed by atoms with Crippen molar-refractivity contribution in [1.82, 2.24) is 10.6 Å². The van der Waals surface area contributed by atoms with Gasteiger partial charge in [0.05, 0.1) is 19.8 Å². The van der Waals surface area contributed by atoms with E-state index in [1.165, 1.54) is 5.56 Å². The lowest BCUT2D eigenvalue weighted by Gasteiger charge is -2.15. The van der Waals surface area contributed by atoms with Gasteiger partial charge in [-0.3, -0.25) is 4.99 Å². The van der Waals surface area contributed by atoms with Crippen molar-refractivity contribution in [2.45, 2.75) is 39.7 Å². The van der Waals surface area contributed by atoms with Crippen LogP contribution >= 0.6 is 24.0 Å². The van der Waals surface area contributed by atoms with E-state index in [0.717, 1.165) is 56.3 Å². The Bertz CT molecular complexity index is 527. The minimum atomic E-state index is 0. The Balaban J connectivity index is 0.00000676. The van der Waals surface area contributed by atoms with E-state index < -0.39 is 0 Å². The average Bonchev–Trinajstić information content (AvgIpc) is 2.65. The lowest BCUT2D eigenvalue weighted by molar-refractivity contribution is 0.0689. The van der Waals surface area contributed by atoms with Gasteiger partial charge in [0.15, 0.2) is 5.96 Å². The average molecular weight is 493 g/mol. The highest BCUT2D eigenvalue weighted by Crippen LogP contribution is 2.20. The smallest absolute Gasteiger partial charge is 0.191 e. The van der Waals surface area contributed by atoms with E-state index >= 15 is 0 Å². The molecule has 0 bridgehead atoms. The maximum atomic E-state index is 5.86. The van der Waals surface area contributed by atoms with Crippen LogP contribution in [0.3, 0.4) is 0 Å². The van der Waals surface area contributed by atoms with Crippen LogP contribution in [0.2, 0.25) is 0 Å². The van der Waals surface area contributed by atoms with E-state index in [1.807, 2.05) is 0 Å². The van der Waals surface area contributed by atoms with Crippen LogP contribution in [0.25, 0.3) is 0 Å². The first-order chi connectivity index (χ1) is 12.7. The van der Waals surface area contributed by atoms with Gasteiger partial charge < -0.3 is 24.8 Å². The molecule has 2 N–H and O–H groups in total. The largest absolute Gasteiger partial charge is 0.493 e. The Labute approximate surface area is 181 Å². The van der Waals surface area contributed by atoms with Crippen LogP contribution in [0.4, 0.5) is 0 Å². The number of aliphatic imine (C=N–C) groups is 1. The van der Waals surface area contributed by atoms with Gasteiger partial charge in [0, 0.05) is 39.4 Å². The zero-order valence-corrected chi connectivity index (χ0v) is 19.5. The van der Waals surface area contributed by atoms with Gasteiger partial charge in [-0.1, -0.05) is 19.1 Å². The molecule has 0 unspecified atom stereocenters. The molecule has 0 spiro atoms. The fourth-order valence-corrected chi connectivity index (χ4v) is 2.33. The van der Waals surface area contributed by atoms with Crippen molar-refractivity contribution in [3.8, 4) is 5.75 Å². The maximum Gasteiger partial charge on any atom is 0.191 e. The first kappa shape index (κ1) is 25.9. The Hall–Kier alpha value is -1.06. The summed E-state index contributed by atoms with van der Waals surface area (Å²) in [5, 5.41) is 6.69. The number of unbranched alkanes of at least 4 members (excludes halogenated alkanes) is 1. The number of guanidine groups is 1. The van der Waals surface area contributed by atoms with Crippen LogP contribution in [0.1, 0.15) is 37.3 Å². The van der Waals surface area contributed by atoms with Crippen molar-refractivity contribution < 1.29 is 14.2 Å². The third-order valence-corrected chi connectivity index (χ3v) is 3.79. The van der Waals surface area contributed by atoms with Gasteiger partial charge in [-0.2, -0.15) is 0 Å². The molecular formula is C20H36IN3O3. The lowest BCUT2D eigenvalue weighted by Crippen LogP contribution is -2.37. The molecule has 1 aromatic carbocycles. The molecule has 0 saturated carbocycles. The van der Waals surface area contributed by atoms with Crippen molar-refractivity contribution in [2.24, 2.45) is 4.99 Å². The molecule has 0 radical (unpaired) electrons. The number of hydrogen-bond acceptors (Lipinski definition) is 4. The summed E-state index contributed by atoms with van der Waals surface area (Å²) in [6, 6.07) is 6.31. The van der Waals surface area contributed by atoms with Crippen LogP contribution in [-0.4, -0.2) is 53.1 Å². The fraction of sp³-hybridized carbons (Fsp3) is 0.650. The molecule has 0 heterocycles. The molecule has 0 amide bonds. The molecule has 0 fully saturated rings. The van der Waals surface area contributed by atoms with Crippen LogP contribution in [0.15, 0.2) is 23.2 Å². The summed E-state index contributed by atoms with van der Waals surface area (Å²) < 4.78 is 16.3. The molecule has 6 nitrogen and oxygen atoms in total. The fourth-order valence-electron chi connectivity index (χ4n) is 2.33. The molecule has 0 saturated heterocycles. The molecule has 0 aliphatic heterocycles. The summed E-state index contributed by atoms with van der Waals surface area (Å²) in [6.45, 7) is 8.54. The zero-order chi connectivity index (χ0) is 19.0. The van der Waals surface area contributed by atoms with E-state index in [9.17, 15) is 0 Å². The Kier molecular flexibility index (Phi) is 16.4. The standard InChI is InChI=1S/C20H35N3O3.HI/c1-5-11-26-19-15-17(2)8-9-18(19)16-23-20(21-3)22-10-6-7-12-25-14-13-24-4;/h8-9,15H,5-7,10-14,16H2,1-4H3,(H2,21,22,23);1H. The van der Waals surface area contributed by atoms with E-state index in [-0.39, 0.29) is 24.0 Å². The Morgan fingerprint density at radius 2 is 1.89 bits per heavy atom. The van der Waals surface area contributed by atoms with Gasteiger partial charge in [-0.05, 0) is 37.8 Å². The van der Waals surface area contributed by atoms with Crippen molar-refractivity contribution in [3.63, 3.8) is 0 Å². The molecule has 156 valence electrons. The molecule has 1 rings (SSSR count). The van der Waals surface area contributed by atoms with Gasteiger partial charge in [-0.25, -0.2) is 0 Å². The Morgan fingerprint density at radius 3 is 2.59 bits per heavy atom. The van der Waals surface area contributed by atoms with Crippen molar-refractivity contribution in [2.75, 3.05) is 47.1 Å². The van der Waals surface area contributed by atoms with Crippen LogP contribution < -0.4 is 15.4 Å². The zero-order valence-electron chi connectivity index (χ0n) is 17.2. The second-order valence-corrected chi connectivity index (χ2v) is 6.12. The number of hydrogen-bond donors (Lipinski definition) is 2. The number of aryl methyl sites for hydroxylation is 1. The number of halogens is 1. The summed E-state index contributed by atoms with van der Waals surface area (Å²) in [7, 11) is 3.47. The molecule has 0 aromatic heterocycles. The number of benzene rings is 1. The van der Waals surface area contributed by atoms with Gasteiger partial charge in [0.1, 0.15) is 5.75 Å². The molecule has 1 aromatic rings. The summed E-state index contributed by atoms with van der Waals surface area (Å²) in [5.74, 6) is 1.75. The van der Waals surface area contributed by atoms with Crippen molar-refractivity contribution in [1.29, 1.82) is 0 Å². The van der Waals surface area contributed by atoms with E-state index in [4.69, 9.17) is 14.2 Å². The molecule has 0 atom stereocenters. The van der Waals surface area contributed by atoms with Gasteiger partial charge in [0.2, 0.25) is 0 Å². The number of methoxy groups -OCH3 is 1. The normalized spacial score (nSPS) is 11.0. The predicted molar refractivity (Wildman–Crippen MR) is 123 cm³/mol. The summed E-state index contributed by atoms with van der Waals surface area (Å²) in [4.78, 5) is 4.28. The summed E-state index contributed by atoms with van der Waals surface area (Å²) in [6.07, 6.45) is 3.04. The molecule has 27 heavy (non-hydrogen) atoms. The van der Waals surface area contributed by atoms with E-state index in [1.54, 1.807) is 14.2 Å². The highest BCUT2D eigenvalue weighted by Gasteiger charge is 2.05. The second-order valence-electron chi connectivity index (χ2n) is 6.12. The molecule has 7 heteroatoms. The van der Waals surface area contributed by atoms with Crippen LogP contribution in [0, 0.1) is 6.92 Å². The van der Waals surface area contributed by atoms with E-state index in [0.29, 0.717) is 19.8 Å². The highest BCUT2D eigenvalue weighted by molar-refractivity contribution is 14.0. The lowest BCUT2D eigenvalue weighted by atomic mass is 10.1. The third-order valence-electron chi connectivity index (χ3n) is 3.79. The van der Waals surface area contributed by atoms with Crippen LogP contribution in [-0.2, 0) is 16.0 Å². The minimum Gasteiger partial charge on any atom is -0.493 e. The number of nitrogens with one attached hydrogen (secondary N) is 2.